The summed E-state index contributed by atoms with van der Waals surface area (Å²) in [6, 6.07) is 13.3. The third kappa shape index (κ3) is 4.22. The largest absolute Gasteiger partial charge is 0.497 e. The molecule has 0 unspecified atom stereocenters. The highest BCUT2D eigenvalue weighted by atomic mass is 16.5. The van der Waals surface area contributed by atoms with Gasteiger partial charge in [0.15, 0.2) is 5.78 Å². The summed E-state index contributed by atoms with van der Waals surface area (Å²) < 4.78 is 5.12. The Kier molecular flexibility index (Phi) is 5.58. The molecule has 0 radical (unpaired) electrons. The summed E-state index contributed by atoms with van der Waals surface area (Å²) in [5.74, 6) is 0.733. The lowest BCUT2D eigenvalue weighted by molar-refractivity contribution is 0.104. The van der Waals surface area contributed by atoms with Gasteiger partial charge >= 0.3 is 0 Å². The van der Waals surface area contributed by atoms with E-state index in [0.717, 1.165) is 23.6 Å². The number of ether oxygens (including phenoxy) is 1. The second kappa shape index (κ2) is 7.63. The molecule has 0 aromatic heterocycles. The summed E-state index contributed by atoms with van der Waals surface area (Å²) in [4.78, 5) is 12.4. The average Bonchev–Trinajstić information content (AvgIpc) is 2.58. The van der Waals surface area contributed by atoms with Gasteiger partial charge < -0.3 is 10.1 Å². The number of carbonyl (C=O) groups is 1. The summed E-state index contributed by atoms with van der Waals surface area (Å²) in [6.07, 6.45) is 2.43. The molecular formula is C20H23NO2. The standard InChI is InChI=1S/C20H23NO2/c1-5-17(21-19-8-6-7-14(2)15(19)3)13-20(22)16-9-11-18(23-4)12-10-16/h6-13,21H,5H2,1-4H3. The number of hydrogen-bond donors (Lipinski definition) is 1. The van der Waals surface area contributed by atoms with Crippen molar-refractivity contribution in [3.05, 3.63) is 70.9 Å². The molecule has 2 rings (SSSR count). The summed E-state index contributed by atoms with van der Waals surface area (Å²) in [5.41, 5.74) is 5.02. The SMILES string of the molecule is CCC(=CC(=O)c1ccc(OC)cc1)Nc1cccc(C)c1C. The molecule has 2 aromatic carbocycles. The molecule has 0 saturated heterocycles. The van der Waals surface area contributed by atoms with Crippen LogP contribution in [0.4, 0.5) is 5.69 Å². The molecule has 0 fully saturated rings. The van der Waals surface area contributed by atoms with Crippen LogP contribution in [0.2, 0.25) is 0 Å². The second-order valence-electron chi connectivity index (χ2n) is 5.49. The lowest BCUT2D eigenvalue weighted by atomic mass is 10.1. The van der Waals surface area contributed by atoms with Crippen molar-refractivity contribution in [2.24, 2.45) is 0 Å². The van der Waals surface area contributed by atoms with Gasteiger partial charge in [0.25, 0.3) is 0 Å². The molecule has 0 saturated carbocycles. The van der Waals surface area contributed by atoms with E-state index in [2.05, 4.69) is 25.2 Å². The Labute approximate surface area is 138 Å². The summed E-state index contributed by atoms with van der Waals surface area (Å²) in [6.45, 7) is 6.19. The van der Waals surface area contributed by atoms with Crippen LogP contribution >= 0.6 is 0 Å². The Morgan fingerprint density at radius 2 is 1.83 bits per heavy atom. The van der Waals surface area contributed by atoms with Crippen LogP contribution in [0.25, 0.3) is 0 Å². The van der Waals surface area contributed by atoms with E-state index in [0.29, 0.717) is 5.56 Å². The van der Waals surface area contributed by atoms with Crippen LogP contribution in [0, 0.1) is 13.8 Å². The topological polar surface area (TPSA) is 38.3 Å². The lowest BCUT2D eigenvalue weighted by Crippen LogP contribution is -2.05. The van der Waals surface area contributed by atoms with Crippen LogP contribution in [0.1, 0.15) is 34.8 Å². The predicted octanol–water partition coefficient (Wildman–Crippen LogP) is 4.90. The van der Waals surface area contributed by atoms with Crippen molar-refractivity contribution in [3.8, 4) is 5.75 Å². The number of rotatable bonds is 6. The maximum absolute atomic E-state index is 12.4. The third-order valence-electron chi connectivity index (χ3n) is 3.96. The van der Waals surface area contributed by atoms with Gasteiger partial charge in [0.2, 0.25) is 0 Å². The Morgan fingerprint density at radius 1 is 1.13 bits per heavy atom. The van der Waals surface area contributed by atoms with Crippen LogP contribution in [0.15, 0.2) is 54.2 Å². The molecule has 0 aliphatic rings. The van der Waals surface area contributed by atoms with Gasteiger partial charge in [0, 0.05) is 23.0 Å². The summed E-state index contributed by atoms with van der Waals surface area (Å²) in [7, 11) is 1.61. The van der Waals surface area contributed by atoms with Gasteiger partial charge in [-0.05, 0) is 61.7 Å². The Bertz CT molecular complexity index is 715. The van der Waals surface area contributed by atoms with Crippen molar-refractivity contribution in [2.75, 3.05) is 12.4 Å². The van der Waals surface area contributed by atoms with Crippen molar-refractivity contribution in [3.63, 3.8) is 0 Å². The van der Waals surface area contributed by atoms with Crippen LogP contribution in [0.3, 0.4) is 0 Å². The van der Waals surface area contributed by atoms with Crippen LogP contribution in [-0.2, 0) is 0 Å². The molecule has 0 amide bonds. The van der Waals surface area contributed by atoms with E-state index in [1.54, 1.807) is 37.5 Å². The molecular weight excluding hydrogens is 286 g/mol. The Hall–Kier alpha value is -2.55. The lowest BCUT2D eigenvalue weighted by Gasteiger charge is -2.13. The van der Waals surface area contributed by atoms with E-state index in [9.17, 15) is 4.79 Å². The van der Waals surface area contributed by atoms with Gasteiger partial charge in [-0.15, -0.1) is 0 Å². The third-order valence-corrected chi connectivity index (χ3v) is 3.96. The van der Waals surface area contributed by atoms with E-state index >= 15 is 0 Å². The molecule has 3 nitrogen and oxygen atoms in total. The summed E-state index contributed by atoms with van der Waals surface area (Å²) >= 11 is 0. The number of hydrogen-bond acceptors (Lipinski definition) is 3. The zero-order chi connectivity index (χ0) is 16.8. The quantitative estimate of drug-likeness (QED) is 0.609. The van der Waals surface area contributed by atoms with Gasteiger partial charge in [0.05, 0.1) is 7.11 Å². The van der Waals surface area contributed by atoms with Crippen LogP contribution in [-0.4, -0.2) is 12.9 Å². The highest BCUT2D eigenvalue weighted by molar-refractivity contribution is 6.05. The first-order valence-electron chi connectivity index (χ1n) is 7.77. The monoisotopic (exact) mass is 309 g/mol. The van der Waals surface area contributed by atoms with Gasteiger partial charge in [-0.25, -0.2) is 0 Å². The molecule has 0 aliphatic heterocycles. The smallest absolute Gasteiger partial charge is 0.187 e. The normalized spacial score (nSPS) is 11.2. The molecule has 0 aliphatic carbocycles. The number of ketones is 1. The van der Waals surface area contributed by atoms with Crippen molar-refractivity contribution >= 4 is 11.5 Å². The number of nitrogens with one attached hydrogen (secondary N) is 1. The van der Waals surface area contributed by atoms with E-state index < -0.39 is 0 Å². The molecule has 0 atom stereocenters. The highest BCUT2D eigenvalue weighted by Gasteiger charge is 2.07. The number of aryl methyl sites for hydroxylation is 1. The Balaban J connectivity index is 2.20. The zero-order valence-corrected chi connectivity index (χ0v) is 14.1. The van der Waals surface area contributed by atoms with Crippen molar-refractivity contribution in [1.82, 2.24) is 0 Å². The molecule has 0 heterocycles. The number of carbonyl (C=O) groups excluding carboxylic acids is 1. The molecule has 2 aromatic rings. The van der Waals surface area contributed by atoms with Gasteiger partial charge in [-0.1, -0.05) is 19.1 Å². The molecule has 0 bridgehead atoms. The van der Waals surface area contributed by atoms with Gasteiger partial charge in [-0.3, -0.25) is 4.79 Å². The van der Waals surface area contributed by atoms with E-state index in [1.807, 2.05) is 19.1 Å². The molecule has 120 valence electrons. The minimum Gasteiger partial charge on any atom is -0.497 e. The highest BCUT2D eigenvalue weighted by Crippen LogP contribution is 2.21. The number of methoxy groups -OCH3 is 1. The first-order chi connectivity index (χ1) is 11.0. The number of allylic oxidation sites excluding steroid dienone is 2. The van der Waals surface area contributed by atoms with Crippen molar-refractivity contribution < 1.29 is 9.53 Å². The minimum absolute atomic E-state index is 0.0118. The summed E-state index contributed by atoms with van der Waals surface area (Å²) in [5, 5.41) is 3.38. The van der Waals surface area contributed by atoms with Gasteiger partial charge in [0.1, 0.15) is 5.75 Å². The molecule has 0 spiro atoms. The minimum atomic E-state index is -0.0118. The van der Waals surface area contributed by atoms with E-state index in [1.165, 1.54) is 11.1 Å². The zero-order valence-electron chi connectivity index (χ0n) is 14.1. The van der Waals surface area contributed by atoms with E-state index in [-0.39, 0.29) is 5.78 Å². The van der Waals surface area contributed by atoms with Crippen molar-refractivity contribution in [1.29, 1.82) is 0 Å². The van der Waals surface area contributed by atoms with Crippen LogP contribution in [0.5, 0.6) is 5.75 Å². The maximum Gasteiger partial charge on any atom is 0.187 e. The molecule has 23 heavy (non-hydrogen) atoms. The van der Waals surface area contributed by atoms with Gasteiger partial charge in [-0.2, -0.15) is 0 Å². The van der Waals surface area contributed by atoms with E-state index in [4.69, 9.17) is 4.74 Å². The average molecular weight is 309 g/mol. The first kappa shape index (κ1) is 16.8. The second-order valence-corrected chi connectivity index (χ2v) is 5.49. The first-order valence-corrected chi connectivity index (χ1v) is 7.77. The number of anilines is 1. The fourth-order valence-electron chi connectivity index (χ4n) is 2.28. The fraction of sp³-hybridized carbons (Fsp3) is 0.250. The van der Waals surface area contributed by atoms with Crippen molar-refractivity contribution in [2.45, 2.75) is 27.2 Å². The van der Waals surface area contributed by atoms with Crippen LogP contribution < -0.4 is 10.1 Å². The Morgan fingerprint density at radius 3 is 2.43 bits per heavy atom. The molecule has 1 N–H and O–H groups in total. The maximum atomic E-state index is 12.4. The number of benzene rings is 2. The molecule has 3 heteroatoms. The fourth-order valence-corrected chi connectivity index (χ4v) is 2.28. The predicted molar refractivity (Wildman–Crippen MR) is 95.2 cm³/mol.